The smallest absolute Gasteiger partial charge is 0.352 e. The van der Waals surface area contributed by atoms with Crippen LogP contribution in [0.2, 0.25) is 0 Å². The number of carboxylic acid groups (broad SMARTS) is 2. The number of β-lactam (4-membered cyclic amide) rings is 1. The van der Waals surface area contributed by atoms with E-state index in [1.165, 1.54) is 37.4 Å². The van der Waals surface area contributed by atoms with Crippen molar-refractivity contribution < 1.29 is 34.2 Å². The van der Waals surface area contributed by atoms with Gasteiger partial charge in [-0.2, -0.15) is 9.36 Å². The number of rotatable bonds is 10. The van der Waals surface area contributed by atoms with Gasteiger partial charge in [-0.25, -0.2) is 9.59 Å². The van der Waals surface area contributed by atoms with E-state index in [9.17, 15) is 29.4 Å². The molecule has 17 heteroatoms. The lowest BCUT2D eigenvalue weighted by Gasteiger charge is -2.49. The Bertz CT molecular complexity index is 1410. The predicted molar refractivity (Wildman–Crippen MR) is 143 cm³/mol. The summed E-state index contributed by atoms with van der Waals surface area (Å²) in [6, 6.07) is 2.55. The van der Waals surface area contributed by atoms with Crippen LogP contribution in [0.1, 0.15) is 19.7 Å². The molecule has 2 amide bonds. The number of anilines is 1. The average molecular weight is 592 g/mol. The van der Waals surface area contributed by atoms with Crippen molar-refractivity contribution in [2.45, 2.75) is 35.8 Å². The highest BCUT2D eigenvalue weighted by molar-refractivity contribution is 8.02. The van der Waals surface area contributed by atoms with E-state index in [1.54, 1.807) is 29.9 Å². The van der Waals surface area contributed by atoms with Crippen LogP contribution in [-0.4, -0.2) is 81.7 Å². The number of nitrogens with zero attached hydrogens (tertiary/aromatic N) is 5. The van der Waals surface area contributed by atoms with Gasteiger partial charge in [0, 0.05) is 34.6 Å². The zero-order chi connectivity index (χ0) is 28.3. The molecule has 2 aromatic rings. The van der Waals surface area contributed by atoms with Crippen LogP contribution in [0.4, 0.5) is 5.13 Å². The first-order chi connectivity index (χ1) is 18.5. The number of hydrogen-bond acceptors (Lipinski definition) is 13. The second kappa shape index (κ2) is 11.4. The molecule has 14 nitrogen and oxygen atoms in total. The van der Waals surface area contributed by atoms with Crippen LogP contribution in [0.25, 0.3) is 0 Å². The van der Waals surface area contributed by atoms with Gasteiger partial charge in [0.1, 0.15) is 17.1 Å². The summed E-state index contributed by atoms with van der Waals surface area (Å²) in [6.07, 6.45) is 4.94. The molecule has 0 saturated carbocycles. The van der Waals surface area contributed by atoms with Crippen LogP contribution in [0.5, 0.6) is 0 Å². The Kier molecular flexibility index (Phi) is 8.22. The average Bonchev–Trinajstić information content (AvgIpc) is 3.32. The highest BCUT2D eigenvalue weighted by Crippen LogP contribution is 2.41. The van der Waals surface area contributed by atoms with E-state index < -0.39 is 46.5 Å². The lowest BCUT2D eigenvalue weighted by molar-refractivity contribution is -0.161. The van der Waals surface area contributed by atoms with Crippen LogP contribution < -0.4 is 11.1 Å². The zero-order valence-corrected chi connectivity index (χ0v) is 22.7. The molecule has 0 radical (unpaired) electrons. The summed E-state index contributed by atoms with van der Waals surface area (Å²) >= 11 is 3.40. The highest BCUT2D eigenvalue weighted by atomic mass is 32.2. The summed E-state index contributed by atoms with van der Waals surface area (Å²) in [5, 5.41) is 26.3. The molecule has 2 aromatic heterocycles. The Balaban J connectivity index is 1.52. The van der Waals surface area contributed by atoms with Gasteiger partial charge in [-0.3, -0.25) is 19.5 Å². The number of nitrogen functional groups attached to an aromatic ring is 1. The lowest BCUT2D eigenvalue weighted by atomic mass is 10.0. The van der Waals surface area contributed by atoms with E-state index in [-0.39, 0.29) is 22.4 Å². The number of allylic oxidation sites excluding steroid dienone is 1. The number of carbonyl (C=O) groups is 4. The third-order valence-corrected chi connectivity index (χ3v) is 7.97. The Labute approximate surface area is 233 Å². The molecule has 39 heavy (non-hydrogen) atoms. The Morgan fingerprint density at radius 3 is 2.74 bits per heavy atom. The Morgan fingerprint density at radius 2 is 2.13 bits per heavy atom. The van der Waals surface area contributed by atoms with Crippen molar-refractivity contribution in [3.05, 3.63) is 53.1 Å². The molecule has 4 rings (SSSR count). The first-order valence-corrected chi connectivity index (χ1v) is 13.7. The van der Waals surface area contributed by atoms with Crippen molar-refractivity contribution in [3.63, 3.8) is 0 Å². The molecule has 0 aliphatic carbocycles. The summed E-state index contributed by atoms with van der Waals surface area (Å²) in [5.41, 5.74) is 3.60. The van der Waals surface area contributed by atoms with Gasteiger partial charge in [0.15, 0.2) is 5.13 Å². The molecule has 2 aliphatic heterocycles. The second-order valence-corrected chi connectivity index (χ2v) is 11.3. The number of carboxylic acids is 2. The Hall–Kier alpha value is -3.96. The maximum atomic E-state index is 13.1. The molecule has 4 heterocycles. The van der Waals surface area contributed by atoms with Gasteiger partial charge in [-0.1, -0.05) is 16.9 Å². The SMILES string of the molecule is CC(C)(ON=C(C(=O)NC1C(=O)N2C(C(=O)O)=C(C=CSc3cccnc3)CS[C@H]12)c1nsc(N)n1)C(=O)O. The predicted octanol–water partition coefficient (Wildman–Crippen LogP) is 1.14. The number of aliphatic carboxylic acids is 2. The minimum absolute atomic E-state index is 0.0234. The maximum Gasteiger partial charge on any atom is 0.352 e. The zero-order valence-electron chi connectivity index (χ0n) is 20.3. The van der Waals surface area contributed by atoms with E-state index in [0.717, 1.165) is 21.3 Å². The molecule has 1 unspecified atom stereocenters. The Morgan fingerprint density at radius 1 is 1.36 bits per heavy atom. The minimum Gasteiger partial charge on any atom is -0.478 e. The standard InChI is InChI=1S/C22H21N7O7S3/c1-22(2,20(34)35)36-27-12(15-26-21(23)39-28-15)16(30)25-13-17(31)29-14(19(32)33)10(9-38-18(13)29)5-7-37-11-4-3-6-24-8-11/h3-8,13,18H,9H2,1-2H3,(H,25,30)(H,32,33)(H,34,35)(H2,23,26,28)/t13?,18-/m1/s1. The third-order valence-electron chi connectivity index (χ3n) is 5.34. The molecule has 1 saturated heterocycles. The molecule has 1 fully saturated rings. The summed E-state index contributed by atoms with van der Waals surface area (Å²) < 4.78 is 3.92. The minimum atomic E-state index is -1.78. The second-order valence-electron chi connectivity index (χ2n) is 8.45. The number of pyridine rings is 1. The maximum absolute atomic E-state index is 13.1. The van der Waals surface area contributed by atoms with Gasteiger partial charge >= 0.3 is 11.9 Å². The van der Waals surface area contributed by atoms with Crippen LogP contribution in [0.15, 0.2) is 57.3 Å². The first-order valence-electron chi connectivity index (χ1n) is 11.0. The number of oxime groups is 1. The number of aromatic nitrogens is 3. The van der Waals surface area contributed by atoms with Crippen molar-refractivity contribution in [2.75, 3.05) is 11.5 Å². The first kappa shape index (κ1) is 28.1. The van der Waals surface area contributed by atoms with Crippen LogP contribution in [0, 0.1) is 0 Å². The largest absolute Gasteiger partial charge is 0.478 e. The number of carbonyl (C=O) groups excluding carboxylic acids is 2. The van der Waals surface area contributed by atoms with E-state index in [1.807, 2.05) is 6.07 Å². The fraction of sp³-hybridized carbons (Fsp3) is 0.273. The summed E-state index contributed by atoms with van der Waals surface area (Å²) in [5.74, 6) is -4.13. The van der Waals surface area contributed by atoms with Gasteiger partial charge in [-0.15, -0.1) is 11.8 Å². The van der Waals surface area contributed by atoms with Crippen LogP contribution in [-0.2, 0) is 24.0 Å². The molecule has 204 valence electrons. The van der Waals surface area contributed by atoms with Crippen molar-refractivity contribution in [3.8, 4) is 0 Å². The van der Waals surface area contributed by atoms with Crippen LogP contribution in [0.3, 0.4) is 0 Å². The van der Waals surface area contributed by atoms with Crippen molar-refractivity contribution in [1.29, 1.82) is 0 Å². The molecule has 5 N–H and O–H groups in total. The number of nitrogens with two attached hydrogens (primary N) is 1. The number of thioether (sulfide) groups is 2. The molecular weight excluding hydrogens is 570 g/mol. The van der Waals surface area contributed by atoms with E-state index in [4.69, 9.17) is 10.6 Å². The highest BCUT2D eigenvalue weighted by Gasteiger charge is 2.54. The molecule has 2 aliphatic rings. The van der Waals surface area contributed by atoms with Crippen molar-refractivity contribution in [1.82, 2.24) is 24.6 Å². The number of fused-ring (bicyclic) bond motifs is 1. The molecule has 0 spiro atoms. The number of hydrogen-bond donors (Lipinski definition) is 4. The number of nitrogens with one attached hydrogen (secondary N) is 1. The third kappa shape index (κ3) is 6.04. The van der Waals surface area contributed by atoms with Gasteiger partial charge in [-0.05, 0) is 43.0 Å². The molecular formula is C22H21N7O7S3. The summed E-state index contributed by atoms with van der Waals surface area (Å²) in [6.45, 7) is 2.45. The van der Waals surface area contributed by atoms with E-state index in [2.05, 4.69) is 24.8 Å². The normalized spacial score (nSPS) is 19.5. The molecule has 0 bridgehead atoms. The van der Waals surface area contributed by atoms with Gasteiger partial charge < -0.3 is 26.1 Å². The summed E-state index contributed by atoms with van der Waals surface area (Å²) in [4.78, 5) is 64.5. The fourth-order valence-corrected chi connectivity index (χ4v) is 5.73. The topological polar surface area (TPSA) is 210 Å². The van der Waals surface area contributed by atoms with Crippen LogP contribution >= 0.6 is 35.1 Å². The van der Waals surface area contributed by atoms with Crippen molar-refractivity contribution >= 4 is 69.7 Å². The van der Waals surface area contributed by atoms with E-state index >= 15 is 0 Å². The summed E-state index contributed by atoms with van der Waals surface area (Å²) in [7, 11) is 0. The number of amides is 2. The molecule has 0 aromatic carbocycles. The van der Waals surface area contributed by atoms with Gasteiger partial charge in [0.05, 0.1) is 0 Å². The fourth-order valence-electron chi connectivity index (χ4n) is 3.31. The monoisotopic (exact) mass is 591 g/mol. The van der Waals surface area contributed by atoms with Gasteiger partial charge in [0.25, 0.3) is 11.8 Å². The van der Waals surface area contributed by atoms with E-state index in [0.29, 0.717) is 5.57 Å². The molecule has 2 atom stereocenters. The van der Waals surface area contributed by atoms with Gasteiger partial charge in [0.2, 0.25) is 17.1 Å². The quantitative estimate of drug-likeness (QED) is 0.132. The van der Waals surface area contributed by atoms with Crippen molar-refractivity contribution in [2.24, 2.45) is 5.16 Å². The lowest BCUT2D eigenvalue weighted by Crippen LogP contribution is -2.71.